The molecule has 0 radical (unpaired) electrons. The van der Waals surface area contributed by atoms with Gasteiger partial charge < -0.3 is 4.74 Å². The number of thiazole rings is 1. The highest BCUT2D eigenvalue weighted by molar-refractivity contribution is 7.13. The van der Waals surface area contributed by atoms with Crippen LogP contribution in [0.25, 0.3) is 0 Å². The number of rotatable bonds is 3. The Morgan fingerprint density at radius 2 is 2.38 bits per heavy atom. The second kappa shape index (κ2) is 4.37. The molecule has 0 aliphatic heterocycles. The molecule has 1 aromatic heterocycles. The predicted molar refractivity (Wildman–Crippen MR) is 52.0 cm³/mol. The average Bonchev–Trinajstić information content (AvgIpc) is 2.50. The first kappa shape index (κ1) is 10.2. The quantitative estimate of drug-likeness (QED) is 0.701. The number of aromatic nitrogens is 1. The molecule has 0 N–H and O–H groups in total. The summed E-state index contributed by atoms with van der Waals surface area (Å²) in [6.07, 6.45) is 2.55. The van der Waals surface area contributed by atoms with Crippen LogP contribution in [-0.2, 0) is 11.2 Å². The SMILES string of the molecule is CCc1cnc(C(=O)OC(C)C)s1. The van der Waals surface area contributed by atoms with E-state index in [9.17, 15) is 4.79 Å². The van der Waals surface area contributed by atoms with Crippen molar-refractivity contribution in [3.8, 4) is 0 Å². The van der Waals surface area contributed by atoms with Gasteiger partial charge in [0, 0.05) is 11.1 Å². The molecule has 3 nitrogen and oxygen atoms in total. The molecule has 0 amide bonds. The minimum absolute atomic E-state index is 0.0820. The molecule has 1 aromatic rings. The number of nitrogens with zero attached hydrogens (tertiary/aromatic N) is 1. The standard InChI is InChI=1S/C9H13NO2S/c1-4-7-5-10-8(13-7)9(11)12-6(2)3/h5-6H,4H2,1-3H3. The van der Waals surface area contributed by atoms with Gasteiger partial charge in [-0.3, -0.25) is 0 Å². The molecule has 0 aromatic carbocycles. The third-order valence-corrected chi connectivity index (χ3v) is 2.54. The van der Waals surface area contributed by atoms with Crippen molar-refractivity contribution in [3.05, 3.63) is 16.1 Å². The second-order valence-corrected chi connectivity index (χ2v) is 4.05. The monoisotopic (exact) mass is 199 g/mol. The van der Waals surface area contributed by atoms with Gasteiger partial charge in [0.05, 0.1) is 6.10 Å². The Labute approximate surface area is 81.8 Å². The molecule has 0 fully saturated rings. The second-order valence-electron chi connectivity index (χ2n) is 2.94. The summed E-state index contributed by atoms with van der Waals surface area (Å²) in [6, 6.07) is 0. The highest BCUT2D eigenvalue weighted by Crippen LogP contribution is 2.14. The van der Waals surface area contributed by atoms with Crippen LogP contribution < -0.4 is 0 Å². The van der Waals surface area contributed by atoms with Crippen LogP contribution >= 0.6 is 11.3 Å². The molecule has 0 saturated heterocycles. The number of carbonyl (C=O) groups is 1. The maximum Gasteiger partial charge on any atom is 0.367 e. The van der Waals surface area contributed by atoms with E-state index in [1.165, 1.54) is 11.3 Å². The number of esters is 1. The number of hydrogen-bond acceptors (Lipinski definition) is 4. The average molecular weight is 199 g/mol. The lowest BCUT2D eigenvalue weighted by Gasteiger charge is -2.04. The van der Waals surface area contributed by atoms with Crippen LogP contribution in [0.5, 0.6) is 0 Å². The summed E-state index contributed by atoms with van der Waals surface area (Å²) in [7, 11) is 0. The van der Waals surface area contributed by atoms with Crippen molar-refractivity contribution in [1.29, 1.82) is 0 Å². The molecule has 1 rings (SSSR count). The number of ether oxygens (including phenoxy) is 1. The lowest BCUT2D eigenvalue weighted by Crippen LogP contribution is -2.10. The van der Waals surface area contributed by atoms with Gasteiger partial charge in [0.25, 0.3) is 0 Å². The van der Waals surface area contributed by atoms with Gasteiger partial charge >= 0.3 is 5.97 Å². The third-order valence-electron chi connectivity index (χ3n) is 1.42. The molecule has 0 spiro atoms. The van der Waals surface area contributed by atoms with E-state index in [2.05, 4.69) is 4.98 Å². The Morgan fingerprint density at radius 1 is 1.69 bits per heavy atom. The lowest BCUT2D eigenvalue weighted by atomic mass is 10.4. The lowest BCUT2D eigenvalue weighted by molar-refractivity contribution is 0.0377. The van der Waals surface area contributed by atoms with Crippen LogP contribution in [0.3, 0.4) is 0 Å². The van der Waals surface area contributed by atoms with Crippen LogP contribution in [0.2, 0.25) is 0 Å². The molecular weight excluding hydrogens is 186 g/mol. The van der Waals surface area contributed by atoms with Crippen LogP contribution in [0.1, 0.15) is 35.5 Å². The highest BCUT2D eigenvalue weighted by Gasteiger charge is 2.13. The zero-order valence-corrected chi connectivity index (χ0v) is 8.85. The molecule has 72 valence electrons. The number of aryl methyl sites for hydroxylation is 1. The molecule has 1 heterocycles. The van der Waals surface area contributed by atoms with Crippen molar-refractivity contribution in [2.24, 2.45) is 0 Å². The zero-order chi connectivity index (χ0) is 9.84. The molecule has 0 aliphatic carbocycles. The maximum absolute atomic E-state index is 11.3. The van der Waals surface area contributed by atoms with Gasteiger partial charge in [-0.1, -0.05) is 6.92 Å². The molecular formula is C9H13NO2S. The van der Waals surface area contributed by atoms with Gasteiger partial charge in [0.2, 0.25) is 5.01 Å². The van der Waals surface area contributed by atoms with Gasteiger partial charge in [0.15, 0.2) is 0 Å². The first-order valence-electron chi connectivity index (χ1n) is 4.29. The van der Waals surface area contributed by atoms with Crippen molar-refractivity contribution in [3.63, 3.8) is 0 Å². The summed E-state index contributed by atoms with van der Waals surface area (Å²) < 4.78 is 5.00. The summed E-state index contributed by atoms with van der Waals surface area (Å²) in [5.74, 6) is -0.320. The Kier molecular flexibility index (Phi) is 3.42. The fourth-order valence-corrected chi connectivity index (χ4v) is 1.56. The van der Waals surface area contributed by atoms with E-state index in [0.29, 0.717) is 5.01 Å². The summed E-state index contributed by atoms with van der Waals surface area (Å²) >= 11 is 1.40. The Morgan fingerprint density at radius 3 is 2.85 bits per heavy atom. The normalized spacial score (nSPS) is 10.5. The van der Waals surface area contributed by atoms with E-state index < -0.39 is 0 Å². The van der Waals surface area contributed by atoms with Crippen molar-refractivity contribution in [1.82, 2.24) is 4.98 Å². The minimum Gasteiger partial charge on any atom is -0.458 e. The van der Waals surface area contributed by atoms with Gasteiger partial charge in [0.1, 0.15) is 0 Å². The number of hydrogen-bond donors (Lipinski definition) is 0. The summed E-state index contributed by atoms with van der Waals surface area (Å²) in [4.78, 5) is 16.4. The van der Waals surface area contributed by atoms with Gasteiger partial charge in [-0.15, -0.1) is 11.3 Å². The van der Waals surface area contributed by atoms with E-state index in [1.54, 1.807) is 6.20 Å². The molecule has 0 saturated carbocycles. The summed E-state index contributed by atoms with van der Waals surface area (Å²) in [6.45, 7) is 5.68. The maximum atomic E-state index is 11.3. The summed E-state index contributed by atoms with van der Waals surface area (Å²) in [5.41, 5.74) is 0. The fourth-order valence-electron chi connectivity index (χ4n) is 0.830. The molecule has 0 atom stereocenters. The van der Waals surface area contributed by atoms with Crippen LogP contribution in [0.4, 0.5) is 0 Å². The fraction of sp³-hybridized carbons (Fsp3) is 0.556. The van der Waals surface area contributed by atoms with Crippen molar-refractivity contribution in [2.45, 2.75) is 33.3 Å². The van der Waals surface area contributed by atoms with Gasteiger partial charge in [-0.25, -0.2) is 9.78 Å². The van der Waals surface area contributed by atoms with E-state index >= 15 is 0 Å². The zero-order valence-electron chi connectivity index (χ0n) is 8.03. The van der Waals surface area contributed by atoms with Crippen molar-refractivity contribution >= 4 is 17.3 Å². The molecule has 4 heteroatoms. The molecule has 0 aliphatic rings. The Balaban J connectivity index is 2.66. The van der Waals surface area contributed by atoms with Crippen molar-refractivity contribution < 1.29 is 9.53 Å². The highest BCUT2D eigenvalue weighted by atomic mass is 32.1. The van der Waals surface area contributed by atoms with Gasteiger partial charge in [-0.2, -0.15) is 0 Å². The molecule has 13 heavy (non-hydrogen) atoms. The van der Waals surface area contributed by atoms with E-state index in [4.69, 9.17) is 4.74 Å². The van der Waals surface area contributed by atoms with Gasteiger partial charge in [-0.05, 0) is 20.3 Å². The molecule has 0 bridgehead atoms. The first-order valence-corrected chi connectivity index (χ1v) is 5.10. The van der Waals surface area contributed by atoms with Crippen LogP contribution in [-0.4, -0.2) is 17.1 Å². The molecule has 0 unspecified atom stereocenters. The Hall–Kier alpha value is -0.900. The van der Waals surface area contributed by atoms with E-state index in [0.717, 1.165) is 11.3 Å². The van der Waals surface area contributed by atoms with Crippen LogP contribution in [0.15, 0.2) is 6.20 Å². The Bertz CT molecular complexity index is 294. The van der Waals surface area contributed by atoms with Crippen molar-refractivity contribution in [2.75, 3.05) is 0 Å². The topological polar surface area (TPSA) is 39.2 Å². The van der Waals surface area contributed by atoms with Crippen LogP contribution in [0, 0.1) is 0 Å². The smallest absolute Gasteiger partial charge is 0.367 e. The first-order chi connectivity index (χ1) is 6.13. The minimum atomic E-state index is -0.320. The largest absolute Gasteiger partial charge is 0.458 e. The third kappa shape index (κ3) is 2.81. The number of carbonyl (C=O) groups excluding carboxylic acids is 1. The van der Waals surface area contributed by atoms with E-state index in [1.807, 2.05) is 20.8 Å². The summed E-state index contributed by atoms with van der Waals surface area (Å²) in [5, 5.41) is 0.450. The van der Waals surface area contributed by atoms with E-state index in [-0.39, 0.29) is 12.1 Å². The predicted octanol–water partition coefficient (Wildman–Crippen LogP) is 2.27.